The van der Waals surface area contributed by atoms with Crippen molar-refractivity contribution in [2.24, 2.45) is 5.92 Å². The lowest BCUT2D eigenvalue weighted by Gasteiger charge is -2.17. The molecule has 1 aromatic carbocycles. The van der Waals surface area contributed by atoms with Crippen LogP contribution in [0.25, 0.3) is 0 Å². The number of nitrogens with zero attached hydrogens (tertiary/aromatic N) is 2. The highest BCUT2D eigenvalue weighted by Gasteiger charge is 2.38. The third kappa shape index (κ3) is 4.52. The molecule has 8 heteroatoms. The zero-order valence-corrected chi connectivity index (χ0v) is 14.7. The highest BCUT2D eigenvalue weighted by atomic mass is 32.2. The fraction of sp³-hybridized carbons (Fsp3) is 0.562. The lowest BCUT2D eigenvalue weighted by Crippen LogP contribution is -2.29. The Labute approximate surface area is 141 Å². The number of carbonyl (C=O) groups is 1. The Kier molecular flexibility index (Phi) is 5.95. The summed E-state index contributed by atoms with van der Waals surface area (Å²) in [6.45, 7) is 1.43. The van der Waals surface area contributed by atoms with E-state index in [0.717, 1.165) is 5.56 Å². The quantitative estimate of drug-likeness (QED) is 0.793. The summed E-state index contributed by atoms with van der Waals surface area (Å²) >= 11 is 0. The first kappa shape index (κ1) is 18.8. The van der Waals surface area contributed by atoms with Gasteiger partial charge in [0.2, 0.25) is 10.0 Å². The number of aliphatic carboxylic acids is 1. The predicted octanol–water partition coefficient (Wildman–Crippen LogP) is 1.21. The third-order valence-corrected chi connectivity index (χ3v) is 6.36. The molecular weight excluding hydrogens is 335 g/mol. The minimum atomic E-state index is -3.24. The van der Waals surface area contributed by atoms with E-state index in [1.165, 1.54) is 30.5 Å². The molecule has 24 heavy (non-hydrogen) atoms. The molecule has 0 radical (unpaired) electrons. The van der Waals surface area contributed by atoms with Crippen LogP contribution in [-0.4, -0.2) is 68.2 Å². The molecule has 1 saturated heterocycles. The third-order valence-electron chi connectivity index (χ3n) is 4.44. The molecule has 6 nitrogen and oxygen atoms in total. The van der Waals surface area contributed by atoms with E-state index in [9.17, 15) is 22.7 Å². The predicted molar refractivity (Wildman–Crippen MR) is 88.8 cm³/mol. The molecule has 1 aromatic rings. The first-order valence-corrected chi connectivity index (χ1v) is 9.42. The number of halogens is 1. The van der Waals surface area contributed by atoms with Crippen molar-refractivity contribution >= 4 is 16.0 Å². The van der Waals surface area contributed by atoms with E-state index in [-0.39, 0.29) is 17.5 Å². The van der Waals surface area contributed by atoms with E-state index < -0.39 is 21.9 Å². The summed E-state index contributed by atoms with van der Waals surface area (Å²) in [5.41, 5.74) is 0.798. The molecule has 1 N–H and O–H groups in total. The van der Waals surface area contributed by atoms with Crippen LogP contribution in [0.4, 0.5) is 4.39 Å². The molecule has 2 rings (SSSR count). The number of hydrogen-bond acceptors (Lipinski definition) is 4. The average Bonchev–Trinajstić information content (AvgIpc) is 2.92. The Balaban J connectivity index is 2.00. The maximum Gasteiger partial charge on any atom is 0.308 e. The summed E-state index contributed by atoms with van der Waals surface area (Å²) in [7, 11) is -0.249. The van der Waals surface area contributed by atoms with E-state index in [2.05, 4.69) is 0 Å². The van der Waals surface area contributed by atoms with Crippen molar-refractivity contribution in [3.8, 4) is 0 Å². The molecule has 1 fully saturated rings. The van der Waals surface area contributed by atoms with E-state index in [1.54, 1.807) is 12.1 Å². The van der Waals surface area contributed by atoms with Crippen LogP contribution in [0.15, 0.2) is 24.3 Å². The van der Waals surface area contributed by atoms with Crippen molar-refractivity contribution < 1.29 is 22.7 Å². The summed E-state index contributed by atoms with van der Waals surface area (Å²) < 4.78 is 37.8. The van der Waals surface area contributed by atoms with Gasteiger partial charge in [0.1, 0.15) is 5.82 Å². The summed E-state index contributed by atoms with van der Waals surface area (Å²) in [6.07, 6.45) is 0.447. The van der Waals surface area contributed by atoms with E-state index >= 15 is 0 Å². The number of carboxylic acid groups (broad SMARTS) is 1. The van der Waals surface area contributed by atoms with Crippen molar-refractivity contribution in [3.05, 3.63) is 35.6 Å². The Morgan fingerprint density at radius 3 is 2.46 bits per heavy atom. The molecule has 0 saturated carbocycles. The minimum Gasteiger partial charge on any atom is -0.481 e. The van der Waals surface area contributed by atoms with Crippen LogP contribution in [-0.2, 0) is 14.8 Å². The highest BCUT2D eigenvalue weighted by molar-refractivity contribution is 7.89. The largest absolute Gasteiger partial charge is 0.481 e. The van der Waals surface area contributed by atoms with Crippen LogP contribution in [0.5, 0.6) is 0 Å². The number of benzene rings is 1. The van der Waals surface area contributed by atoms with Crippen LogP contribution >= 0.6 is 0 Å². The number of hydrogen-bond donors (Lipinski definition) is 1. The Hall–Kier alpha value is -1.51. The minimum absolute atomic E-state index is 0.0372. The number of likely N-dealkylation sites (tertiary alicyclic amines) is 1. The molecule has 0 amide bonds. The second-order valence-corrected chi connectivity index (χ2v) is 8.62. The summed E-state index contributed by atoms with van der Waals surface area (Å²) in [6, 6.07) is 5.91. The molecule has 0 aromatic heterocycles. The molecule has 134 valence electrons. The SMILES string of the molecule is CN(C)S(=O)(=O)CCCN1C[C@@H](C(=O)O)[C@H](c2ccc(F)cc2)C1. The van der Waals surface area contributed by atoms with Gasteiger partial charge in [0.25, 0.3) is 0 Å². The van der Waals surface area contributed by atoms with E-state index in [0.29, 0.717) is 26.1 Å². The van der Waals surface area contributed by atoms with Gasteiger partial charge in [-0.1, -0.05) is 12.1 Å². The Morgan fingerprint density at radius 1 is 1.29 bits per heavy atom. The molecule has 0 aliphatic carbocycles. The van der Waals surface area contributed by atoms with Crippen LogP contribution in [0.1, 0.15) is 17.9 Å². The van der Waals surface area contributed by atoms with Crippen molar-refractivity contribution in [1.29, 1.82) is 0 Å². The van der Waals surface area contributed by atoms with E-state index in [4.69, 9.17) is 0 Å². The van der Waals surface area contributed by atoms with Gasteiger partial charge in [0.05, 0.1) is 11.7 Å². The Bertz CT molecular complexity index is 676. The second kappa shape index (κ2) is 7.58. The first-order valence-electron chi connectivity index (χ1n) is 7.81. The Morgan fingerprint density at radius 2 is 1.92 bits per heavy atom. The fourth-order valence-corrected chi connectivity index (χ4v) is 3.88. The van der Waals surface area contributed by atoms with Crippen molar-refractivity contribution in [3.63, 3.8) is 0 Å². The summed E-state index contributed by atoms with van der Waals surface area (Å²) in [4.78, 5) is 13.5. The monoisotopic (exact) mass is 358 g/mol. The van der Waals surface area contributed by atoms with Crippen LogP contribution in [0.2, 0.25) is 0 Å². The van der Waals surface area contributed by atoms with Gasteiger partial charge in [0, 0.05) is 33.1 Å². The summed E-state index contributed by atoms with van der Waals surface area (Å²) in [5, 5.41) is 9.44. The zero-order valence-electron chi connectivity index (χ0n) is 13.9. The second-order valence-electron chi connectivity index (χ2n) is 6.31. The topological polar surface area (TPSA) is 77.9 Å². The van der Waals surface area contributed by atoms with Crippen LogP contribution < -0.4 is 0 Å². The molecule has 0 spiro atoms. The van der Waals surface area contributed by atoms with Gasteiger partial charge in [-0.3, -0.25) is 4.79 Å². The number of carboxylic acids is 1. The standard InChI is InChI=1S/C16H23FN2O4S/c1-18(2)24(22,23)9-3-8-19-10-14(15(11-19)16(20)21)12-4-6-13(17)7-5-12/h4-7,14-15H,3,8-11H2,1-2H3,(H,20,21)/t14-,15+/m0/s1. The molecule has 0 bridgehead atoms. The fourth-order valence-electron chi connectivity index (χ4n) is 3.02. The maximum atomic E-state index is 13.1. The molecule has 1 aliphatic heterocycles. The lowest BCUT2D eigenvalue weighted by atomic mass is 9.89. The molecular formula is C16H23FN2O4S. The smallest absolute Gasteiger partial charge is 0.308 e. The molecule has 0 unspecified atom stereocenters. The number of rotatable bonds is 7. The lowest BCUT2D eigenvalue weighted by molar-refractivity contribution is -0.141. The zero-order chi connectivity index (χ0) is 17.9. The van der Waals surface area contributed by atoms with Gasteiger partial charge >= 0.3 is 5.97 Å². The van der Waals surface area contributed by atoms with Gasteiger partial charge in [-0.25, -0.2) is 17.1 Å². The molecule has 1 heterocycles. The summed E-state index contributed by atoms with van der Waals surface area (Å²) in [5.74, 6) is -1.98. The van der Waals surface area contributed by atoms with E-state index in [1.807, 2.05) is 4.90 Å². The highest BCUT2D eigenvalue weighted by Crippen LogP contribution is 2.33. The van der Waals surface area contributed by atoms with Gasteiger partial charge in [-0.15, -0.1) is 0 Å². The first-order chi connectivity index (χ1) is 11.2. The normalized spacial score (nSPS) is 22.2. The molecule has 1 aliphatic rings. The van der Waals surface area contributed by atoms with Crippen molar-refractivity contribution in [2.45, 2.75) is 12.3 Å². The van der Waals surface area contributed by atoms with Crippen LogP contribution in [0.3, 0.4) is 0 Å². The van der Waals surface area contributed by atoms with Crippen LogP contribution in [0, 0.1) is 11.7 Å². The van der Waals surface area contributed by atoms with Crippen molar-refractivity contribution in [1.82, 2.24) is 9.21 Å². The number of sulfonamides is 1. The van der Waals surface area contributed by atoms with Gasteiger partial charge in [-0.2, -0.15) is 0 Å². The van der Waals surface area contributed by atoms with Gasteiger partial charge in [0.15, 0.2) is 0 Å². The molecule has 2 atom stereocenters. The maximum absolute atomic E-state index is 13.1. The van der Waals surface area contributed by atoms with Crippen molar-refractivity contribution in [2.75, 3.05) is 39.5 Å². The average molecular weight is 358 g/mol. The van der Waals surface area contributed by atoms with Gasteiger partial charge in [-0.05, 0) is 30.7 Å². The van der Waals surface area contributed by atoms with Gasteiger partial charge < -0.3 is 10.0 Å².